The molecule has 1 heterocycles. The van der Waals surface area contributed by atoms with Gasteiger partial charge in [-0.15, -0.1) is 0 Å². The fourth-order valence-corrected chi connectivity index (χ4v) is 3.30. The van der Waals surface area contributed by atoms with Crippen LogP contribution in [-0.4, -0.2) is 37.2 Å². The quantitative estimate of drug-likeness (QED) is 0.429. The summed E-state index contributed by atoms with van der Waals surface area (Å²) in [5, 5.41) is 0.271. The van der Waals surface area contributed by atoms with Gasteiger partial charge in [-0.05, 0) is 26.3 Å². The minimum Gasteiger partial charge on any atom is -0.465 e. The molecule has 1 aromatic carbocycles. The zero-order valence-electron chi connectivity index (χ0n) is 14.9. The molecule has 0 N–H and O–H groups in total. The monoisotopic (exact) mass is 380 g/mol. The van der Waals surface area contributed by atoms with Gasteiger partial charge in [0.2, 0.25) is 0 Å². The summed E-state index contributed by atoms with van der Waals surface area (Å²) < 4.78 is 15.2. The predicted molar refractivity (Wildman–Crippen MR) is 95.0 cm³/mol. The molecular weight excluding hydrogens is 360 g/mol. The molecule has 0 bridgehead atoms. The molecule has 1 aromatic rings. The lowest BCUT2D eigenvalue weighted by molar-refractivity contribution is -0.167. The van der Waals surface area contributed by atoms with Gasteiger partial charge in [0, 0.05) is 5.57 Å². The molecule has 2 unspecified atom stereocenters. The Labute approximate surface area is 157 Å². The van der Waals surface area contributed by atoms with Gasteiger partial charge in [0.15, 0.2) is 5.92 Å². The molecule has 2 atom stereocenters. The van der Waals surface area contributed by atoms with Gasteiger partial charge in [0.05, 0.1) is 18.2 Å². The van der Waals surface area contributed by atoms with Crippen molar-refractivity contribution in [3.05, 3.63) is 41.5 Å². The van der Waals surface area contributed by atoms with Crippen LogP contribution in [0.3, 0.4) is 0 Å². The molecule has 1 aliphatic heterocycles. The van der Waals surface area contributed by atoms with E-state index in [0.717, 1.165) is 0 Å². The molecule has 7 heteroatoms. The molecule has 0 saturated carbocycles. The van der Waals surface area contributed by atoms with Crippen molar-refractivity contribution in [3.8, 4) is 0 Å². The highest BCUT2D eigenvalue weighted by atomic mass is 35.5. The fourth-order valence-electron chi connectivity index (χ4n) is 2.91. The number of esters is 3. The first kappa shape index (κ1) is 20.0. The third kappa shape index (κ3) is 4.07. The molecule has 1 aliphatic rings. The summed E-state index contributed by atoms with van der Waals surface area (Å²) in [7, 11) is 0. The number of carbonyl (C=O) groups is 3. The molecule has 1 saturated heterocycles. The first-order valence-electron chi connectivity index (χ1n) is 8.41. The van der Waals surface area contributed by atoms with Crippen molar-refractivity contribution >= 4 is 34.5 Å². The summed E-state index contributed by atoms with van der Waals surface area (Å²) in [5.41, 5.74) is 1.03. The molecular formula is C19H21ClO6. The molecule has 2 rings (SSSR count). The summed E-state index contributed by atoms with van der Waals surface area (Å²) in [6, 6.07) is 8.96. The maximum atomic E-state index is 12.5. The van der Waals surface area contributed by atoms with Crippen LogP contribution in [0, 0.1) is 11.8 Å². The number of carbonyl (C=O) groups excluding carboxylic acids is 3. The normalized spacial score (nSPS) is 21.3. The van der Waals surface area contributed by atoms with Crippen LogP contribution < -0.4 is 0 Å². The summed E-state index contributed by atoms with van der Waals surface area (Å²) in [5.74, 6) is -5.02. The number of ether oxygens (including phenoxy) is 3. The summed E-state index contributed by atoms with van der Waals surface area (Å²) >= 11 is 6.52. The SMILES string of the molecule is CCOC(=O)C(C(=O)OCC)C1C(=O)OC(C)/C1=C(\Cl)c1ccccc1. The molecule has 0 radical (unpaired) electrons. The van der Waals surface area contributed by atoms with Crippen LogP contribution in [0.2, 0.25) is 0 Å². The summed E-state index contributed by atoms with van der Waals surface area (Å²) in [4.78, 5) is 37.3. The lowest BCUT2D eigenvalue weighted by atomic mass is 9.84. The van der Waals surface area contributed by atoms with Crippen molar-refractivity contribution in [1.82, 2.24) is 0 Å². The third-order valence-corrected chi connectivity index (χ3v) is 4.45. The first-order valence-corrected chi connectivity index (χ1v) is 8.78. The van der Waals surface area contributed by atoms with Gasteiger partial charge in [-0.1, -0.05) is 41.9 Å². The molecule has 140 valence electrons. The molecule has 0 aliphatic carbocycles. The van der Waals surface area contributed by atoms with Crippen molar-refractivity contribution in [2.45, 2.75) is 26.9 Å². The number of hydrogen-bond acceptors (Lipinski definition) is 6. The maximum absolute atomic E-state index is 12.5. The van der Waals surface area contributed by atoms with Crippen LogP contribution in [-0.2, 0) is 28.6 Å². The van der Waals surface area contributed by atoms with E-state index in [1.165, 1.54) is 0 Å². The lowest BCUT2D eigenvalue weighted by Crippen LogP contribution is -2.37. The lowest BCUT2D eigenvalue weighted by Gasteiger charge is -2.20. The van der Waals surface area contributed by atoms with Crippen molar-refractivity contribution in [2.24, 2.45) is 11.8 Å². The van der Waals surface area contributed by atoms with Crippen molar-refractivity contribution in [1.29, 1.82) is 0 Å². The largest absolute Gasteiger partial charge is 0.465 e. The van der Waals surface area contributed by atoms with E-state index in [2.05, 4.69) is 0 Å². The number of hydrogen-bond donors (Lipinski definition) is 0. The Morgan fingerprint density at radius 3 is 2.15 bits per heavy atom. The van der Waals surface area contributed by atoms with Crippen LogP contribution in [0.4, 0.5) is 0 Å². The topological polar surface area (TPSA) is 78.9 Å². The highest BCUT2D eigenvalue weighted by Gasteiger charge is 2.51. The van der Waals surface area contributed by atoms with Crippen molar-refractivity contribution < 1.29 is 28.6 Å². The molecule has 0 spiro atoms. The minimum atomic E-state index is -1.46. The average Bonchev–Trinajstić information content (AvgIpc) is 2.90. The minimum absolute atomic E-state index is 0.0670. The van der Waals surface area contributed by atoms with E-state index in [9.17, 15) is 14.4 Å². The Morgan fingerprint density at radius 1 is 1.12 bits per heavy atom. The molecule has 6 nitrogen and oxygen atoms in total. The van der Waals surface area contributed by atoms with E-state index in [0.29, 0.717) is 11.1 Å². The van der Waals surface area contributed by atoms with Crippen LogP contribution in [0.15, 0.2) is 35.9 Å². The van der Waals surface area contributed by atoms with Crippen LogP contribution in [0.25, 0.3) is 5.03 Å². The van der Waals surface area contributed by atoms with E-state index >= 15 is 0 Å². The van der Waals surface area contributed by atoms with Crippen LogP contribution >= 0.6 is 11.6 Å². The van der Waals surface area contributed by atoms with Crippen molar-refractivity contribution in [2.75, 3.05) is 13.2 Å². The Balaban J connectivity index is 2.54. The molecule has 1 fully saturated rings. The van der Waals surface area contributed by atoms with Gasteiger partial charge in [0.25, 0.3) is 0 Å². The van der Waals surface area contributed by atoms with Gasteiger partial charge < -0.3 is 14.2 Å². The average molecular weight is 381 g/mol. The summed E-state index contributed by atoms with van der Waals surface area (Å²) in [6.45, 7) is 5.01. The second-order valence-corrected chi connectivity index (χ2v) is 6.05. The molecule has 0 aromatic heterocycles. The maximum Gasteiger partial charge on any atom is 0.321 e. The van der Waals surface area contributed by atoms with Gasteiger partial charge in [0.1, 0.15) is 12.0 Å². The highest BCUT2D eigenvalue weighted by Crippen LogP contribution is 2.41. The number of rotatable bonds is 6. The highest BCUT2D eigenvalue weighted by molar-refractivity contribution is 6.49. The van der Waals surface area contributed by atoms with E-state index in [1.54, 1.807) is 45.0 Å². The van der Waals surface area contributed by atoms with Gasteiger partial charge in [-0.3, -0.25) is 14.4 Å². The van der Waals surface area contributed by atoms with Gasteiger partial charge in [-0.25, -0.2) is 0 Å². The first-order chi connectivity index (χ1) is 12.4. The molecule has 0 amide bonds. The summed E-state index contributed by atoms with van der Waals surface area (Å²) in [6.07, 6.45) is -0.674. The van der Waals surface area contributed by atoms with E-state index in [4.69, 9.17) is 25.8 Å². The Morgan fingerprint density at radius 2 is 1.65 bits per heavy atom. The van der Waals surface area contributed by atoms with E-state index in [-0.39, 0.29) is 18.2 Å². The fraction of sp³-hybridized carbons (Fsp3) is 0.421. The number of cyclic esters (lactones) is 1. The predicted octanol–water partition coefficient (Wildman–Crippen LogP) is 2.94. The number of benzene rings is 1. The Kier molecular flexibility index (Phi) is 6.80. The standard InChI is InChI=1S/C19H21ClO6/c1-4-24-17(21)15(18(22)25-5-2)14-13(11(3)26-19(14)23)16(20)12-9-7-6-8-10-12/h6-11,14-15H,4-5H2,1-3H3/b16-13+. The van der Waals surface area contributed by atoms with E-state index < -0.39 is 35.8 Å². The zero-order chi connectivity index (χ0) is 19.3. The Hall–Kier alpha value is -2.34. The van der Waals surface area contributed by atoms with Crippen LogP contribution in [0.5, 0.6) is 0 Å². The second-order valence-electron chi connectivity index (χ2n) is 5.67. The third-order valence-electron chi connectivity index (χ3n) is 4.01. The van der Waals surface area contributed by atoms with Crippen molar-refractivity contribution in [3.63, 3.8) is 0 Å². The smallest absolute Gasteiger partial charge is 0.321 e. The zero-order valence-corrected chi connectivity index (χ0v) is 15.6. The Bertz CT molecular complexity index is 694. The van der Waals surface area contributed by atoms with E-state index in [1.807, 2.05) is 6.07 Å². The number of halogens is 1. The van der Waals surface area contributed by atoms with Crippen LogP contribution in [0.1, 0.15) is 26.3 Å². The van der Waals surface area contributed by atoms with Gasteiger partial charge in [-0.2, -0.15) is 0 Å². The van der Waals surface area contributed by atoms with Gasteiger partial charge >= 0.3 is 17.9 Å². The second kappa shape index (κ2) is 8.85. The molecule has 26 heavy (non-hydrogen) atoms.